The van der Waals surface area contributed by atoms with Crippen LogP contribution in [-0.4, -0.2) is 47.5 Å². The lowest BCUT2D eigenvalue weighted by Crippen LogP contribution is -2.77. The summed E-state index contributed by atoms with van der Waals surface area (Å²) in [5.74, 6) is 1.81. The van der Waals surface area contributed by atoms with Gasteiger partial charge in [-0.1, -0.05) is 103 Å². The van der Waals surface area contributed by atoms with Crippen LogP contribution in [0.3, 0.4) is 0 Å². The second-order valence-electron chi connectivity index (χ2n) is 10.7. The number of rotatable bonds is 10. The van der Waals surface area contributed by atoms with Gasteiger partial charge >= 0.3 is 5.97 Å². The van der Waals surface area contributed by atoms with Gasteiger partial charge in [-0.15, -0.1) is 11.8 Å². The minimum Gasteiger partial charge on any atom is -0.497 e. The van der Waals surface area contributed by atoms with Gasteiger partial charge in [0.2, 0.25) is 12.3 Å². The molecular weight excluding hydrogens is 591 g/mol. The molecule has 9 heteroatoms. The maximum absolute atomic E-state index is 15.1. The van der Waals surface area contributed by atoms with Crippen LogP contribution in [0.5, 0.6) is 5.75 Å². The number of ether oxygens (including phenoxy) is 2. The van der Waals surface area contributed by atoms with Gasteiger partial charge < -0.3 is 19.7 Å². The Kier molecular flexibility index (Phi) is 8.30. The summed E-state index contributed by atoms with van der Waals surface area (Å²) in [4.78, 5) is 42.3. The van der Waals surface area contributed by atoms with Crippen LogP contribution in [0.4, 0.5) is 0 Å². The van der Waals surface area contributed by atoms with Crippen LogP contribution in [-0.2, 0) is 30.5 Å². The fraction of sp³-hybridized carbons (Fsp3) is 0.200. The van der Waals surface area contributed by atoms with Crippen LogP contribution in [0.25, 0.3) is 0 Å². The molecule has 2 aliphatic heterocycles. The maximum Gasteiger partial charge on any atom is 0.324 e. The number of amides is 2. The van der Waals surface area contributed by atoms with Crippen LogP contribution in [0.1, 0.15) is 28.3 Å². The van der Waals surface area contributed by atoms with Crippen molar-refractivity contribution in [3.05, 3.63) is 138 Å². The molecule has 2 aliphatic rings. The SMILES string of the molecule is COc1ccc(COC(=O)C2(C=[PH2+])C(c3ccccc3)N3C(=O)C(NC=O)[C@H]3SC2(c2ccccc2)c2ccccc2)cc1. The van der Waals surface area contributed by atoms with Gasteiger partial charge in [0.1, 0.15) is 29.6 Å². The highest BCUT2D eigenvalue weighted by atomic mass is 32.2. The summed E-state index contributed by atoms with van der Waals surface area (Å²) in [7, 11) is 4.28. The zero-order chi connectivity index (χ0) is 30.7. The second kappa shape index (κ2) is 12.3. The molecule has 0 aliphatic carbocycles. The van der Waals surface area contributed by atoms with E-state index in [0.29, 0.717) is 12.2 Å². The van der Waals surface area contributed by atoms with Crippen molar-refractivity contribution in [3.8, 4) is 5.75 Å². The first kappa shape index (κ1) is 29.7. The lowest BCUT2D eigenvalue weighted by Gasteiger charge is -2.64. The number of esters is 1. The molecule has 44 heavy (non-hydrogen) atoms. The van der Waals surface area contributed by atoms with Crippen molar-refractivity contribution in [1.82, 2.24) is 10.2 Å². The molecule has 222 valence electrons. The lowest BCUT2D eigenvalue weighted by molar-refractivity contribution is -0.169. The molecule has 0 saturated carbocycles. The minimum atomic E-state index is -1.43. The summed E-state index contributed by atoms with van der Waals surface area (Å²) in [6.07, 6.45) is 0.567. The molecule has 7 nitrogen and oxygen atoms in total. The van der Waals surface area contributed by atoms with Gasteiger partial charge in [0.15, 0.2) is 5.41 Å². The van der Waals surface area contributed by atoms with Crippen LogP contribution in [0, 0.1) is 5.41 Å². The predicted molar refractivity (Wildman–Crippen MR) is 175 cm³/mol. The normalized spacial score (nSPS) is 23.4. The number of hydrogen-bond donors (Lipinski definition) is 1. The monoisotopic (exact) mass is 623 g/mol. The molecule has 4 aromatic rings. The van der Waals surface area contributed by atoms with Gasteiger partial charge in [-0.25, -0.2) is 0 Å². The molecule has 5 atom stereocenters. The molecule has 0 bridgehead atoms. The van der Waals surface area contributed by atoms with E-state index in [0.717, 1.165) is 22.3 Å². The Morgan fingerprint density at radius 1 is 0.909 bits per heavy atom. The molecule has 1 N–H and O–H groups in total. The van der Waals surface area contributed by atoms with E-state index < -0.39 is 33.6 Å². The molecule has 0 radical (unpaired) electrons. The van der Waals surface area contributed by atoms with E-state index in [4.69, 9.17) is 9.47 Å². The molecule has 0 spiro atoms. The zero-order valence-electron chi connectivity index (χ0n) is 24.0. The number of fused-ring (bicyclic) bond motifs is 1. The summed E-state index contributed by atoms with van der Waals surface area (Å²) in [6, 6.07) is 35.2. The molecule has 4 aromatic carbocycles. The predicted octanol–water partition coefficient (Wildman–Crippen LogP) is 5.12. The van der Waals surface area contributed by atoms with E-state index in [9.17, 15) is 9.59 Å². The van der Waals surface area contributed by atoms with Crippen molar-refractivity contribution >= 4 is 44.7 Å². The zero-order valence-corrected chi connectivity index (χ0v) is 26.0. The summed E-state index contributed by atoms with van der Waals surface area (Å²) < 4.78 is 10.5. The van der Waals surface area contributed by atoms with E-state index >= 15 is 4.79 Å². The average molecular weight is 624 g/mol. The van der Waals surface area contributed by atoms with E-state index in [2.05, 4.69) is 14.2 Å². The molecule has 2 amide bonds. The highest BCUT2D eigenvalue weighted by Crippen LogP contribution is 2.68. The number of carbonyl (C=O) groups is 3. The molecular formula is C35H32N2O5PS+. The fourth-order valence-corrected chi connectivity index (χ4v) is 9.23. The molecule has 2 saturated heterocycles. The Bertz CT molecular complexity index is 1620. The maximum atomic E-state index is 15.1. The van der Waals surface area contributed by atoms with Crippen molar-refractivity contribution in [1.29, 1.82) is 0 Å². The third kappa shape index (κ3) is 4.61. The van der Waals surface area contributed by atoms with Gasteiger partial charge in [0.25, 0.3) is 0 Å². The smallest absolute Gasteiger partial charge is 0.324 e. The van der Waals surface area contributed by atoms with Crippen molar-refractivity contribution in [3.63, 3.8) is 0 Å². The first-order valence-electron chi connectivity index (χ1n) is 14.2. The third-order valence-corrected chi connectivity index (χ3v) is 11.0. The Morgan fingerprint density at radius 2 is 1.48 bits per heavy atom. The number of thioether (sulfide) groups is 1. The van der Waals surface area contributed by atoms with E-state index in [1.807, 2.05) is 121 Å². The molecule has 4 unspecified atom stereocenters. The van der Waals surface area contributed by atoms with Crippen LogP contribution in [0.2, 0.25) is 0 Å². The standard InChI is InChI=1S/C35H31N2O5PS/c1-41-28-19-17-24(18-20-28)21-42-33(40)34(22-43)30(25-11-5-2-6-12-25)37-31(39)29(36-23-38)32(37)44-35(34,26-13-7-3-8-14-26)27-15-9-4-10-16-27/h2-20,22-23,29-30,32,43H,21H2,1H3,(H,36,38)/p+1/t29?,30?,32-,34?/m1/s1. The second-order valence-corrected chi connectivity index (χ2v) is 12.4. The van der Waals surface area contributed by atoms with E-state index in [-0.39, 0.29) is 12.5 Å². The molecule has 0 aromatic heterocycles. The fourth-order valence-electron chi connectivity index (χ4n) is 6.51. The first-order valence-corrected chi connectivity index (χ1v) is 15.8. The van der Waals surface area contributed by atoms with Crippen molar-refractivity contribution in [2.45, 2.75) is 28.8 Å². The van der Waals surface area contributed by atoms with Gasteiger partial charge in [-0.2, -0.15) is 0 Å². The van der Waals surface area contributed by atoms with E-state index in [1.54, 1.807) is 12.0 Å². The Balaban J connectivity index is 1.61. The third-order valence-electron chi connectivity index (χ3n) is 8.52. The first-order chi connectivity index (χ1) is 21.5. The number of hydrogen-bond acceptors (Lipinski definition) is 6. The van der Waals surface area contributed by atoms with Crippen LogP contribution in [0.15, 0.2) is 115 Å². The van der Waals surface area contributed by atoms with Crippen LogP contribution >= 0.6 is 20.6 Å². The van der Waals surface area contributed by atoms with Crippen molar-refractivity contribution in [2.75, 3.05) is 7.11 Å². The lowest BCUT2D eigenvalue weighted by atomic mass is 9.61. The van der Waals surface area contributed by atoms with Crippen LogP contribution < -0.4 is 10.1 Å². The number of β-lactam (4-membered cyclic amide) rings is 1. The van der Waals surface area contributed by atoms with Gasteiger partial charge in [0, 0.05) is 0 Å². The Morgan fingerprint density at radius 3 is 2.00 bits per heavy atom. The highest BCUT2D eigenvalue weighted by Gasteiger charge is 2.74. The van der Waals surface area contributed by atoms with E-state index in [1.165, 1.54) is 11.8 Å². The molecule has 6 rings (SSSR count). The number of nitrogens with one attached hydrogen (secondary N) is 1. The topological polar surface area (TPSA) is 84.9 Å². The summed E-state index contributed by atoms with van der Waals surface area (Å²) >= 11 is 1.49. The number of methoxy groups -OCH3 is 1. The van der Waals surface area contributed by atoms with Crippen molar-refractivity contribution in [2.24, 2.45) is 5.41 Å². The molecule has 2 fully saturated rings. The Labute approximate surface area is 262 Å². The summed E-state index contributed by atoms with van der Waals surface area (Å²) in [6.45, 7) is 0.0294. The average Bonchev–Trinajstić information content (AvgIpc) is 3.09. The quantitative estimate of drug-likeness (QED) is 0.114. The number of nitrogens with zero attached hydrogens (tertiary/aromatic N) is 1. The van der Waals surface area contributed by atoms with Gasteiger partial charge in [0.05, 0.1) is 26.8 Å². The Hall–Kier alpha value is -4.39. The van der Waals surface area contributed by atoms with Gasteiger partial charge in [-0.3, -0.25) is 14.4 Å². The number of carbonyl (C=O) groups excluding carboxylic acids is 3. The minimum absolute atomic E-state index is 0.0294. The van der Waals surface area contributed by atoms with Gasteiger partial charge in [-0.05, 0) is 34.4 Å². The van der Waals surface area contributed by atoms with Crippen molar-refractivity contribution < 1.29 is 23.9 Å². The highest BCUT2D eigenvalue weighted by molar-refractivity contribution is 8.01. The molecule has 2 heterocycles. The summed E-state index contributed by atoms with van der Waals surface area (Å²) in [5, 5.41) is 2.29. The largest absolute Gasteiger partial charge is 0.497 e. The summed E-state index contributed by atoms with van der Waals surface area (Å²) in [5.41, 5.74) is 1.90. The number of benzene rings is 4.